The molecule has 0 amide bonds. The van der Waals surface area contributed by atoms with E-state index >= 15 is 0 Å². The van der Waals surface area contributed by atoms with Crippen LogP contribution in [-0.2, 0) is 0 Å². The van der Waals surface area contributed by atoms with E-state index in [-0.39, 0.29) is 0 Å². The molecule has 0 bridgehead atoms. The van der Waals surface area contributed by atoms with Crippen molar-refractivity contribution < 1.29 is 0 Å². The first-order chi connectivity index (χ1) is 9.22. The van der Waals surface area contributed by atoms with E-state index in [2.05, 4.69) is 45.9 Å². The molecule has 0 spiro atoms. The molecule has 2 aromatic rings. The van der Waals surface area contributed by atoms with Crippen LogP contribution in [0.2, 0.25) is 0 Å². The molecule has 0 aliphatic carbocycles. The van der Waals surface area contributed by atoms with Gasteiger partial charge in [0.2, 0.25) is 0 Å². The van der Waals surface area contributed by atoms with Gasteiger partial charge in [0.05, 0.1) is 0 Å². The molecule has 1 N–H and O–H groups in total. The van der Waals surface area contributed by atoms with Crippen LogP contribution in [0.5, 0.6) is 0 Å². The second kappa shape index (κ2) is 6.43. The Balaban J connectivity index is 2.04. The van der Waals surface area contributed by atoms with Gasteiger partial charge in [-0.05, 0) is 32.1 Å². The molecule has 0 radical (unpaired) electrons. The van der Waals surface area contributed by atoms with Crippen LogP contribution in [0.15, 0.2) is 24.5 Å². The summed E-state index contributed by atoms with van der Waals surface area (Å²) in [7, 11) is 0. The fourth-order valence-corrected chi connectivity index (χ4v) is 2.10. The van der Waals surface area contributed by atoms with E-state index in [1.165, 1.54) is 0 Å². The minimum absolute atomic E-state index is 0.349. The maximum absolute atomic E-state index is 4.47. The summed E-state index contributed by atoms with van der Waals surface area (Å²) in [4.78, 5) is 15.3. The highest BCUT2D eigenvalue weighted by Gasteiger charge is 2.08. The number of rotatable bonds is 6. The van der Waals surface area contributed by atoms with Crippen LogP contribution >= 0.6 is 0 Å². The van der Waals surface area contributed by atoms with Crippen molar-refractivity contribution in [2.24, 2.45) is 0 Å². The number of fused-ring (bicyclic) bond motifs is 1. The molecular weight excluding hydrogens is 238 g/mol. The number of pyridine rings is 1. The minimum atomic E-state index is 0.349. The SMILES string of the molecule is CCN(CC)CC(C)Nc1ccc2nccnc2n1. The zero-order valence-corrected chi connectivity index (χ0v) is 11.8. The largest absolute Gasteiger partial charge is 0.366 e. The summed E-state index contributed by atoms with van der Waals surface area (Å²) >= 11 is 0. The lowest BCUT2D eigenvalue weighted by Gasteiger charge is -2.23. The van der Waals surface area contributed by atoms with Gasteiger partial charge in [-0.2, -0.15) is 0 Å². The van der Waals surface area contributed by atoms with E-state index in [0.29, 0.717) is 11.7 Å². The van der Waals surface area contributed by atoms with E-state index in [1.54, 1.807) is 12.4 Å². The van der Waals surface area contributed by atoms with E-state index in [4.69, 9.17) is 0 Å². The van der Waals surface area contributed by atoms with Crippen molar-refractivity contribution in [1.29, 1.82) is 0 Å². The van der Waals surface area contributed by atoms with Crippen molar-refractivity contribution in [3.8, 4) is 0 Å². The number of hydrogen-bond acceptors (Lipinski definition) is 5. The van der Waals surface area contributed by atoms with Gasteiger partial charge < -0.3 is 10.2 Å². The van der Waals surface area contributed by atoms with Crippen molar-refractivity contribution in [3.63, 3.8) is 0 Å². The fraction of sp³-hybridized carbons (Fsp3) is 0.500. The molecule has 5 heteroatoms. The molecule has 1 unspecified atom stereocenters. The zero-order valence-electron chi connectivity index (χ0n) is 11.8. The van der Waals surface area contributed by atoms with E-state index in [9.17, 15) is 0 Å². The van der Waals surface area contributed by atoms with Crippen LogP contribution in [0, 0.1) is 0 Å². The first kappa shape index (κ1) is 13.7. The Morgan fingerprint density at radius 3 is 2.63 bits per heavy atom. The quantitative estimate of drug-likeness (QED) is 0.861. The van der Waals surface area contributed by atoms with E-state index < -0.39 is 0 Å². The van der Waals surface area contributed by atoms with Crippen LogP contribution in [0.4, 0.5) is 5.82 Å². The zero-order chi connectivity index (χ0) is 13.7. The number of likely N-dealkylation sites (N-methyl/N-ethyl adjacent to an activating group) is 1. The van der Waals surface area contributed by atoms with Crippen molar-refractivity contribution in [2.75, 3.05) is 25.0 Å². The van der Waals surface area contributed by atoms with Crippen LogP contribution in [0.3, 0.4) is 0 Å². The molecule has 1 atom stereocenters. The summed E-state index contributed by atoms with van der Waals surface area (Å²) in [5.74, 6) is 0.854. The van der Waals surface area contributed by atoms with Crippen LogP contribution in [0.1, 0.15) is 20.8 Å². The average Bonchev–Trinajstić information content (AvgIpc) is 2.44. The average molecular weight is 259 g/mol. The normalized spacial score (nSPS) is 12.8. The van der Waals surface area contributed by atoms with Crippen LogP contribution in [0.25, 0.3) is 11.2 Å². The lowest BCUT2D eigenvalue weighted by molar-refractivity contribution is 0.294. The van der Waals surface area contributed by atoms with Gasteiger partial charge in [0.25, 0.3) is 0 Å². The molecule has 19 heavy (non-hydrogen) atoms. The molecule has 0 fully saturated rings. The summed E-state index contributed by atoms with van der Waals surface area (Å²) in [5, 5.41) is 3.41. The molecular formula is C14H21N5. The van der Waals surface area contributed by atoms with Gasteiger partial charge in [-0.3, -0.25) is 4.98 Å². The molecule has 2 aromatic heterocycles. The number of nitrogens with zero attached hydrogens (tertiary/aromatic N) is 4. The van der Waals surface area contributed by atoms with Crippen LogP contribution < -0.4 is 5.32 Å². The molecule has 0 aliphatic heterocycles. The van der Waals surface area contributed by atoms with Gasteiger partial charge in [0.15, 0.2) is 5.65 Å². The molecule has 2 heterocycles. The summed E-state index contributed by atoms with van der Waals surface area (Å²) in [6, 6.07) is 4.25. The minimum Gasteiger partial charge on any atom is -0.366 e. The Kier molecular flexibility index (Phi) is 4.63. The van der Waals surface area contributed by atoms with Gasteiger partial charge >= 0.3 is 0 Å². The van der Waals surface area contributed by atoms with Gasteiger partial charge in [-0.25, -0.2) is 9.97 Å². The Labute approximate surface area is 114 Å². The Morgan fingerprint density at radius 2 is 1.89 bits per heavy atom. The molecule has 0 aromatic carbocycles. The standard InChI is InChI=1S/C14H21N5/c1-4-19(5-2)10-11(3)17-13-7-6-12-14(18-13)16-9-8-15-12/h6-9,11H,4-5,10H2,1-3H3,(H,16,17,18). The van der Waals surface area contributed by atoms with Gasteiger partial charge in [-0.15, -0.1) is 0 Å². The highest BCUT2D eigenvalue weighted by molar-refractivity contribution is 5.71. The molecule has 0 saturated heterocycles. The molecule has 0 aliphatic rings. The van der Waals surface area contributed by atoms with E-state index in [0.717, 1.165) is 31.0 Å². The van der Waals surface area contributed by atoms with Gasteiger partial charge in [0, 0.05) is 25.0 Å². The van der Waals surface area contributed by atoms with E-state index in [1.807, 2.05) is 12.1 Å². The molecule has 102 valence electrons. The smallest absolute Gasteiger partial charge is 0.180 e. The summed E-state index contributed by atoms with van der Waals surface area (Å²) < 4.78 is 0. The highest BCUT2D eigenvalue weighted by atomic mass is 15.1. The molecule has 5 nitrogen and oxygen atoms in total. The number of hydrogen-bond donors (Lipinski definition) is 1. The lowest BCUT2D eigenvalue weighted by Crippen LogP contribution is -2.34. The van der Waals surface area contributed by atoms with Crippen molar-refractivity contribution >= 4 is 17.0 Å². The monoisotopic (exact) mass is 259 g/mol. The van der Waals surface area contributed by atoms with Crippen molar-refractivity contribution in [1.82, 2.24) is 19.9 Å². The summed E-state index contributed by atoms with van der Waals surface area (Å²) in [6.45, 7) is 9.67. The van der Waals surface area contributed by atoms with Gasteiger partial charge in [-0.1, -0.05) is 13.8 Å². The maximum atomic E-state index is 4.47. The fourth-order valence-electron chi connectivity index (χ4n) is 2.10. The molecule has 2 rings (SSSR count). The number of anilines is 1. The Morgan fingerprint density at radius 1 is 1.16 bits per heavy atom. The number of nitrogens with one attached hydrogen (secondary N) is 1. The third kappa shape index (κ3) is 3.61. The topological polar surface area (TPSA) is 53.9 Å². The number of aromatic nitrogens is 3. The third-order valence-corrected chi connectivity index (χ3v) is 3.15. The first-order valence-corrected chi connectivity index (χ1v) is 6.79. The predicted octanol–water partition coefficient (Wildman–Crippen LogP) is 2.17. The summed E-state index contributed by atoms with van der Waals surface area (Å²) in [6.07, 6.45) is 3.35. The Hall–Kier alpha value is -1.75. The summed E-state index contributed by atoms with van der Waals surface area (Å²) in [5.41, 5.74) is 1.51. The third-order valence-electron chi connectivity index (χ3n) is 3.15. The van der Waals surface area contributed by atoms with Gasteiger partial charge in [0.1, 0.15) is 11.3 Å². The second-order valence-corrected chi connectivity index (χ2v) is 4.63. The predicted molar refractivity (Wildman–Crippen MR) is 78.2 cm³/mol. The van der Waals surface area contributed by atoms with Crippen LogP contribution in [-0.4, -0.2) is 45.5 Å². The Bertz CT molecular complexity index is 524. The maximum Gasteiger partial charge on any atom is 0.180 e. The molecule has 0 saturated carbocycles. The second-order valence-electron chi connectivity index (χ2n) is 4.63. The van der Waals surface area contributed by atoms with Crippen molar-refractivity contribution in [2.45, 2.75) is 26.8 Å². The lowest BCUT2D eigenvalue weighted by atomic mass is 10.3. The first-order valence-electron chi connectivity index (χ1n) is 6.79. The van der Waals surface area contributed by atoms with Crippen molar-refractivity contribution in [3.05, 3.63) is 24.5 Å². The highest BCUT2D eigenvalue weighted by Crippen LogP contribution is 2.11.